The number of ether oxygens (including phenoxy) is 3. The number of hydrogen-bond donors (Lipinski definition) is 1. The van der Waals surface area contributed by atoms with Crippen LogP contribution in [0.5, 0.6) is 0 Å². The van der Waals surface area contributed by atoms with Gasteiger partial charge >= 0.3 is 12.2 Å². The van der Waals surface area contributed by atoms with Gasteiger partial charge in [0, 0.05) is 46.5 Å². The van der Waals surface area contributed by atoms with Gasteiger partial charge in [-0.1, -0.05) is 0 Å². The molecule has 1 N–H and O–H groups in total. The Bertz CT molecular complexity index is 614. The van der Waals surface area contributed by atoms with E-state index >= 15 is 0 Å². The topological polar surface area (TPSA) is 88.5 Å². The summed E-state index contributed by atoms with van der Waals surface area (Å²) in [6, 6.07) is 0. The van der Waals surface area contributed by atoms with Crippen molar-refractivity contribution in [1.29, 1.82) is 0 Å². The summed E-state index contributed by atoms with van der Waals surface area (Å²) in [5.41, 5.74) is -0.824. The van der Waals surface area contributed by atoms with E-state index in [1.54, 1.807) is 12.0 Å². The highest BCUT2D eigenvalue weighted by Gasteiger charge is 2.28. The number of carbonyl (C=O) groups is 2. The number of rotatable bonds is 7. The molecule has 2 unspecified atom stereocenters. The van der Waals surface area contributed by atoms with Crippen molar-refractivity contribution in [2.75, 3.05) is 46.5 Å². The zero-order chi connectivity index (χ0) is 26.5. The van der Waals surface area contributed by atoms with E-state index in [0.717, 1.165) is 77.7 Å². The Hall–Kier alpha value is -1.54. The van der Waals surface area contributed by atoms with Crippen LogP contribution in [0.2, 0.25) is 0 Å². The second-order valence-corrected chi connectivity index (χ2v) is 11.9. The molecular formula is C27H52N2O6. The highest BCUT2D eigenvalue weighted by Crippen LogP contribution is 2.23. The molecule has 2 atom stereocenters. The molecule has 35 heavy (non-hydrogen) atoms. The van der Waals surface area contributed by atoms with Crippen LogP contribution in [0.1, 0.15) is 92.9 Å². The van der Waals surface area contributed by atoms with Gasteiger partial charge in [0.25, 0.3) is 0 Å². The number of likely N-dealkylation sites (tertiary alicyclic amines) is 2. The van der Waals surface area contributed by atoms with Crippen LogP contribution in [0, 0.1) is 11.8 Å². The van der Waals surface area contributed by atoms with Crippen molar-refractivity contribution in [1.82, 2.24) is 9.80 Å². The van der Waals surface area contributed by atoms with E-state index in [2.05, 4.69) is 0 Å². The average Bonchev–Trinajstić information content (AvgIpc) is 2.76. The smallest absolute Gasteiger partial charge is 0.410 e. The predicted molar refractivity (Wildman–Crippen MR) is 138 cm³/mol. The van der Waals surface area contributed by atoms with Gasteiger partial charge in [0.2, 0.25) is 0 Å². The number of nitrogens with zero attached hydrogens (tertiary/aromatic N) is 2. The molecule has 8 nitrogen and oxygen atoms in total. The summed E-state index contributed by atoms with van der Waals surface area (Å²) in [6.07, 6.45) is 8.14. The van der Waals surface area contributed by atoms with Gasteiger partial charge in [-0.2, -0.15) is 0 Å². The lowest BCUT2D eigenvalue weighted by molar-refractivity contribution is 0.0148. The Labute approximate surface area is 213 Å². The van der Waals surface area contributed by atoms with Gasteiger partial charge in [-0.3, -0.25) is 0 Å². The summed E-state index contributed by atoms with van der Waals surface area (Å²) in [6.45, 7) is 15.7. The van der Waals surface area contributed by atoms with Gasteiger partial charge in [-0.25, -0.2) is 9.59 Å². The Morgan fingerprint density at radius 3 is 1.60 bits per heavy atom. The van der Waals surface area contributed by atoms with Crippen molar-refractivity contribution in [2.45, 2.75) is 104 Å². The van der Waals surface area contributed by atoms with Crippen LogP contribution >= 0.6 is 0 Å². The number of aliphatic hydroxyl groups is 1. The van der Waals surface area contributed by atoms with E-state index in [-0.39, 0.29) is 18.8 Å². The maximum absolute atomic E-state index is 12.0. The van der Waals surface area contributed by atoms with E-state index in [4.69, 9.17) is 19.3 Å². The molecule has 0 saturated carbocycles. The lowest BCUT2D eigenvalue weighted by atomic mass is 9.94. The lowest BCUT2D eigenvalue weighted by Crippen LogP contribution is -2.42. The lowest BCUT2D eigenvalue weighted by Gasteiger charge is -2.34. The number of hydrogen-bond acceptors (Lipinski definition) is 6. The zero-order valence-electron chi connectivity index (χ0n) is 23.4. The molecule has 0 bridgehead atoms. The van der Waals surface area contributed by atoms with Gasteiger partial charge in [0.1, 0.15) is 11.2 Å². The number of piperidine rings is 2. The second kappa shape index (κ2) is 15.5. The molecule has 0 radical (unpaired) electrons. The van der Waals surface area contributed by atoms with Gasteiger partial charge in [0.15, 0.2) is 0 Å². The number of carbonyl (C=O) groups excluding carboxylic acids is 2. The van der Waals surface area contributed by atoms with E-state index in [1.165, 1.54) is 6.42 Å². The maximum atomic E-state index is 12.0. The van der Waals surface area contributed by atoms with Crippen molar-refractivity contribution >= 4 is 12.2 Å². The molecule has 0 spiro atoms. The largest absolute Gasteiger partial charge is 0.444 e. The molecule has 206 valence electrons. The Morgan fingerprint density at radius 1 is 0.800 bits per heavy atom. The van der Waals surface area contributed by atoms with Crippen molar-refractivity contribution in [2.24, 2.45) is 11.8 Å². The monoisotopic (exact) mass is 500 g/mol. The molecule has 2 saturated heterocycles. The highest BCUT2D eigenvalue weighted by atomic mass is 16.6. The van der Waals surface area contributed by atoms with Gasteiger partial charge in [-0.15, -0.1) is 0 Å². The van der Waals surface area contributed by atoms with E-state index < -0.39 is 11.2 Å². The van der Waals surface area contributed by atoms with E-state index in [9.17, 15) is 9.59 Å². The van der Waals surface area contributed by atoms with Gasteiger partial charge in [-0.05, 0) is 105 Å². The fourth-order valence-corrected chi connectivity index (χ4v) is 4.48. The first-order valence-corrected chi connectivity index (χ1v) is 13.4. The molecule has 0 aromatic rings. The molecule has 8 heteroatoms. The molecule has 0 aliphatic carbocycles. The summed E-state index contributed by atoms with van der Waals surface area (Å²) in [5.74, 6) is 1.12. The van der Waals surface area contributed by atoms with Crippen LogP contribution < -0.4 is 0 Å². The normalized spacial score (nSPS) is 21.1. The molecule has 2 amide bonds. The van der Waals surface area contributed by atoms with Crippen LogP contribution in [0.25, 0.3) is 0 Å². The van der Waals surface area contributed by atoms with Crippen LogP contribution in [-0.2, 0) is 14.2 Å². The SMILES string of the molecule is CC(C)(C)OC(=O)N1CCCC(CCCO)C1.COCCCC1CCCN(C(=O)OC(C)(C)C)C1. The van der Waals surface area contributed by atoms with E-state index in [1.807, 2.05) is 46.4 Å². The number of methoxy groups -OCH3 is 1. The Balaban J connectivity index is 0.000000351. The first kappa shape index (κ1) is 31.5. The quantitative estimate of drug-likeness (QED) is 0.467. The first-order chi connectivity index (χ1) is 16.3. The minimum Gasteiger partial charge on any atom is -0.444 e. The molecule has 2 fully saturated rings. The minimum absolute atomic E-state index is 0.168. The first-order valence-electron chi connectivity index (χ1n) is 13.4. The number of amides is 2. The summed E-state index contributed by atoms with van der Waals surface area (Å²) >= 11 is 0. The van der Waals surface area contributed by atoms with Crippen molar-refractivity contribution in [3.05, 3.63) is 0 Å². The molecule has 2 aliphatic heterocycles. The third-order valence-corrected chi connectivity index (χ3v) is 6.07. The van der Waals surface area contributed by atoms with Gasteiger partial charge in [0.05, 0.1) is 0 Å². The third kappa shape index (κ3) is 14.6. The molecule has 0 aromatic carbocycles. The van der Waals surface area contributed by atoms with Crippen LogP contribution in [-0.4, -0.2) is 84.8 Å². The van der Waals surface area contributed by atoms with Crippen molar-refractivity contribution in [3.63, 3.8) is 0 Å². The number of aliphatic hydroxyl groups excluding tert-OH is 1. The standard InChI is InChI=1S/C14H27NO3.C13H25NO3/c1-14(2,3)18-13(16)15-9-5-7-12(11-15)8-6-10-17-4;1-13(2,3)17-12(16)14-8-4-6-11(10-14)7-5-9-15/h12H,5-11H2,1-4H3;11,15H,4-10H2,1-3H3. The molecule has 2 heterocycles. The highest BCUT2D eigenvalue weighted by molar-refractivity contribution is 5.68. The average molecular weight is 501 g/mol. The van der Waals surface area contributed by atoms with Crippen LogP contribution in [0.4, 0.5) is 9.59 Å². The minimum atomic E-state index is -0.422. The Morgan fingerprint density at radius 2 is 1.23 bits per heavy atom. The van der Waals surface area contributed by atoms with Crippen LogP contribution in [0.3, 0.4) is 0 Å². The zero-order valence-corrected chi connectivity index (χ0v) is 23.4. The predicted octanol–water partition coefficient (Wildman–Crippen LogP) is 5.47. The molecular weight excluding hydrogens is 448 g/mol. The second-order valence-electron chi connectivity index (χ2n) is 11.9. The molecule has 0 aromatic heterocycles. The molecule has 2 aliphatic rings. The summed E-state index contributed by atoms with van der Waals surface area (Å²) in [5, 5.41) is 8.82. The summed E-state index contributed by atoms with van der Waals surface area (Å²) < 4.78 is 15.8. The Kier molecular flexibility index (Phi) is 14.0. The third-order valence-electron chi connectivity index (χ3n) is 6.07. The van der Waals surface area contributed by atoms with Crippen molar-refractivity contribution < 1.29 is 28.9 Å². The summed E-state index contributed by atoms with van der Waals surface area (Å²) in [4.78, 5) is 27.5. The van der Waals surface area contributed by atoms with Crippen molar-refractivity contribution in [3.8, 4) is 0 Å². The molecule has 2 rings (SSSR count). The summed E-state index contributed by atoms with van der Waals surface area (Å²) in [7, 11) is 1.73. The maximum Gasteiger partial charge on any atom is 0.410 e. The van der Waals surface area contributed by atoms with Crippen LogP contribution in [0.15, 0.2) is 0 Å². The van der Waals surface area contributed by atoms with E-state index in [0.29, 0.717) is 11.8 Å². The van der Waals surface area contributed by atoms with Gasteiger partial charge < -0.3 is 29.1 Å². The fourth-order valence-electron chi connectivity index (χ4n) is 4.48. The fraction of sp³-hybridized carbons (Fsp3) is 0.926.